The van der Waals surface area contributed by atoms with E-state index in [0.717, 1.165) is 12.8 Å². The number of ether oxygens (including phenoxy) is 1. The van der Waals surface area contributed by atoms with Crippen molar-refractivity contribution in [1.82, 2.24) is 4.90 Å². The van der Waals surface area contributed by atoms with Crippen LogP contribution < -0.4 is 0 Å². The van der Waals surface area contributed by atoms with Crippen molar-refractivity contribution in [3.05, 3.63) is 0 Å². The van der Waals surface area contributed by atoms with Crippen LogP contribution >= 0.6 is 0 Å². The fourth-order valence-corrected chi connectivity index (χ4v) is 2.11. The van der Waals surface area contributed by atoms with Crippen molar-refractivity contribution in [2.24, 2.45) is 0 Å². The average molecular weight is 185 g/mol. The molecule has 0 amide bonds. The molecule has 13 heavy (non-hydrogen) atoms. The van der Waals surface area contributed by atoms with E-state index in [4.69, 9.17) is 4.74 Å². The van der Waals surface area contributed by atoms with E-state index in [-0.39, 0.29) is 12.0 Å². The van der Waals surface area contributed by atoms with Gasteiger partial charge in [0.15, 0.2) is 0 Å². The Morgan fingerprint density at radius 3 is 2.77 bits per heavy atom. The first-order chi connectivity index (χ1) is 6.20. The Morgan fingerprint density at radius 1 is 1.54 bits per heavy atom. The lowest BCUT2D eigenvalue weighted by Crippen LogP contribution is -2.38. The summed E-state index contributed by atoms with van der Waals surface area (Å²) in [5, 5.41) is 0. The van der Waals surface area contributed by atoms with Crippen molar-refractivity contribution in [1.29, 1.82) is 0 Å². The fraction of sp³-hybridized carbons (Fsp3) is 0.900. The zero-order valence-electron chi connectivity index (χ0n) is 8.75. The molecule has 2 atom stereocenters. The maximum atomic E-state index is 11.3. The van der Waals surface area contributed by atoms with Crippen LogP contribution in [0.2, 0.25) is 0 Å². The summed E-state index contributed by atoms with van der Waals surface area (Å²) >= 11 is 0. The minimum Gasteiger partial charge on any atom is -0.468 e. The maximum Gasteiger partial charge on any atom is 0.323 e. The highest BCUT2D eigenvalue weighted by molar-refractivity contribution is 5.76. The number of rotatable bonds is 3. The summed E-state index contributed by atoms with van der Waals surface area (Å²) in [5.74, 6) is -0.0823. The fourth-order valence-electron chi connectivity index (χ4n) is 2.11. The lowest BCUT2D eigenvalue weighted by Gasteiger charge is -2.23. The van der Waals surface area contributed by atoms with Crippen molar-refractivity contribution in [2.45, 2.75) is 44.7 Å². The van der Waals surface area contributed by atoms with Crippen molar-refractivity contribution in [2.75, 3.05) is 14.2 Å². The third kappa shape index (κ3) is 2.21. The molecule has 76 valence electrons. The Balaban J connectivity index is 2.49. The molecule has 0 bridgehead atoms. The molecule has 0 aromatic carbocycles. The van der Waals surface area contributed by atoms with Crippen LogP contribution in [0.4, 0.5) is 0 Å². The molecular weight excluding hydrogens is 166 g/mol. The van der Waals surface area contributed by atoms with Crippen molar-refractivity contribution in [3.8, 4) is 0 Å². The summed E-state index contributed by atoms with van der Waals surface area (Å²) in [4.78, 5) is 13.5. The maximum absolute atomic E-state index is 11.3. The van der Waals surface area contributed by atoms with Crippen LogP contribution in [0.1, 0.15) is 32.6 Å². The largest absolute Gasteiger partial charge is 0.468 e. The molecule has 3 heteroatoms. The Labute approximate surface area is 80.1 Å². The standard InChI is InChI=1S/C10H19NO2/c1-4-5-8-6-7-9(11(8)2)10(12)13-3/h8-9H,4-7H2,1-3H3/t8-,9-/m1/s1. The second-order valence-electron chi connectivity index (χ2n) is 3.72. The summed E-state index contributed by atoms with van der Waals surface area (Å²) in [6, 6.07) is 0.579. The number of esters is 1. The van der Waals surface area contributed by atoms with E-state index in [1.807, 2.05) is 7.05 Å². The van der Waals surface area contributed by atoms with Gasteiger partial charge in [-0.3, -0.25) is 9.69 Å². The molecule has 1 rings (SSSR count). The van der Waals surface area contributed by atoms with Gasteiger partial charge in [-0.2, -0.15) is 0 Å². The number of nitrogens with zero attached hydrogens (tertiary/aromatic N) is 1. The quantitative estimate of drug-likeness (QED) is 0.623. The van der Waals surface area contributed by atoms with E-state index in [9.17, 15) is 4.79 Å². The van der Waals surface area contributed by atoms with Crippen molar-refractivity contribution < 1.29 is 9.53 Å². The Kier molecular flexibility index (Phi) is 3.72. The predicted molar refractivity (Wildman–Crippen MR) is 51.5 cm³/mol. The molecule has 3 nitrogen and oxygen atoms in total. The minimum absolute atomic E-state index is 0.00144. The lowest BCUT2D eigenvalue weighted by atomic mass is 10.1. The van der Waals surface area contributed by atoms with Crippen LogP contribution in [0.5, 0.6) is 0 Å². The number of carbonyl (C=O) groups excluding carboxylic acids is 1. The van der Waals surface area contributed by atoms with Crippen LogP contribution in [-0.4, -0.2) is 37.1 Å². The Hall–Kier alpha value is -0.570. The van der Waals surface area contributed by atoms with Gasteiger partial charge in [0.2, 0.25) is 0 Å². The van der Waals surface area contributed by atoms with Gasteiger partial charge < -0.3 is 4.74 Å². The Bertz CT molecular complexity index is 182. The lowest BCUT2D eigenvalue weighted by molar-refractivity contribution is -0.145. The number of hydrogen-bond acceptors (Lipinski definition) is 3. The summed E-state index contributed by atoms with van der Waals surface area (Å²) < 4.78 is 4.75. The van der Waals surface area contributed by atoms with Gasteiger partial charge in [0.1, 0.15) is 6.04 Å². The van der Waals surface area contributed by atoms with Crippen LogP contribution in [0.25, 0.3) is 0 Å². The van der Waals surface area contributed by atoms with Crippen LogP contribution in [0.3, 0.4) is 0 Å². The summed E-state index contributed by atoms with van der Waals surface area (Å²) in [5.41, 5.74) is 0. The third-order valence-corrected chi connectivity index (χ3v) is 2.94. The molecular formula is C10H19NO2. The Morgan fingerprint density at radius 2 is 2.23 bits per heavy atom. The van der Waals surface area contributed by atoms with Gasteiger partial charge in [0, 0.05) is 6.04 Å². The number of hydrogen-bond donors (Lipinski definition) is 0. The molecule has 0 N–H and O–H groups in total. The summed E-state index contributed by atoms with van der Waals surface area (Å²) in [7, 11) is 3.48. The van der Waals surface area contributed by atoms with Gasteiger partial charge in [-0.1, -0.05) is 13.3 Å². The number of likely N-dealkylation sites (tertiary alicyclic amines) is 1. The summed E-state index contributed by atoms with van der Waals surface area (Å²) in [6.45, 7) is 2.18. The first-order valence-electron chi connectivity index (χ1n) is 5.00. The second kappa shape index (κ2) is 4.61. The molecule has 1 aliphatic heterocycles. The van der Waals surface area contributed by atoms with E-state index < -0.39 is 0 Å². The number of carbonyl (C=O) groups is 1. The van der Waals surface area contributed by atoms with Crippen LogP contribution in [0, 0.1) is 0 Å². The molecule has 0 aromatic heterocycles. The first-order valence-corrected chi connectivity index (χ1v) is 5.00. The molecule has 0 saturated carbocycles. The molecule has 0 unspecified atom stereocenters. The average Bonchev–Trinajstić information content (AvgIpc) is 2.48. The van der Waals surface area contributed by atoms with Gasteiger partial charge in [-0.05, 0) is 26.3 Å². The third-order valence-electron chi connectivity index (χ3n) is 2.94. The van der Waals surface area contributed by atoms with Gasteiger partial charge in [-0.15, -0.1) is 0 Å². The summed E-state index contributed by atoms with van der Waals surface area (Å²) in [6.07, 6.45) is 4.45. The highest BCUT2D eigenvalue weighted by Crippen LogP contribution is 2.25. The highest BCUT2D eigenvalue weighted by atomic mass is 16.5. The zero-order valence-corrected chi connectivity index (χ0v) is 8.75. The topological polar surface area (TPSA) is 29.5 Å². The molecule has 0 spiro atoms. The van der Waals surface area contributed by atoms with Crippen molar-refractivity contribution in [3.63, 3.8) is 0 Å². The van der Waals surface area contributed by atoms with Gasteiger partial charge in [0.25, 0.3) is 0 Å². The molecule has 1 fully saturated rings. The van der Waals surface area contributed by atoms with E-state index >= 15 is 0 Å². The van der Waals surface area contributed by atoms with E-state index in [0.29, 0.717) is 6.04 Å². The van der Waals surface area contributed by atoms with Crippen LogP contribution in [-0.2, 0) is 9.53 Å². The van der Waals surface area contributed by atoms with E-state index in [1.165, 1.54) is 20.0 Å². The van der Waals surface area contributed by atoms with Gasteiger partial charge in [0.05, 0.1) is 7.11 Å². The molecule has 0 aliphatic carbocycles. The predicted octanol–water partition coefficient (Wildman–Crippen LogP) is 1.42. The monoisotopic (exact) mass is 185 g/mol. The molecule has 1 saturated heterocycles. The highest BCUT2D eigenvalue weighted by Gasteiger charge is 2.34. The van der Waals surface area contributed by atoms with Crippen LogP contribution in [0.15, 0.2) is 0 Å². The SMILES string of the molecule is CCC[C@@H]1CC[C@H](C(=O)OC)N1C. The number of likely N-dealkylation sites (N-methyl/N-ethyl adjacent to an activating group) is 1. The smallest absolute Gasteiger partial charge is 0.323 e. The molecule has 1 aliphatic rings. The normalized spacial score (nSPS) is 29.2. The molecule has 0 radical (unpaired) electrons. The molecule has 1 heterocycles. The molecule has 0 aromatic rings. The van der Waals surface area contributed by atoms with E-state index in [1.54, 1.807) is 0 Å². The number of methoxy groups -OCH3 is 1. The zero-order chi connectivity index (χ0) is 9.84. The second-order valence-corrected chi connectivity index (χ2v) is 3.72. The van der Waals surface area contributed by atoms with Crippen molar-refractivity contribution >= 4 is 5.97 Å². The first kappa shape index (κ1) is 10.5. The minimum atomic E-state index is -0.0823. The van der Waals surface area contributed by atoms with Gasteiger partial charge in [-0.25, -0.2) is 0 Å². The van der Waals surface area contributed by atoms with E-state index in [2.05, 4.69) is 11.8 Å². The van der Waals surface area contributed by atoms with Gasteiger partial charge >= 0.3 is 5.97 Å².